The zero-order valence-corrected chi connectivity index (χ0v) is 14.5. The van der Waals surface area contributed by atoms with Gasteiger partial charge in [0, 0.05) is 22.2 Å². The average Bonchev–Trinajstić information content (AvgIpc) is 3.09. The maximum Gasteiger partial charge on any atom is 0.119 e. The summed E-state index contributed by atoms with van der Waals surface area (Å²) in [4.78, 5) is 0. The maximum atomic E-state index is 6.14. The van der Waals surface area contributed by atoms with Gasteiger partial charge in [0.15, 0.2) is 0 Å². The molecular weight excluding hydrogens is 345 g/mol. The summed E-state index contributed by atoms with van der Waals surface area (Å²) < 4.78 is 11.0. The maximum absolute atomic E-state index is 6.14. The Hall–Kier alpha value is -1.94. The average molecular weight is 362 g/mol. The molecule has 124 valence electrons. The SMILES string of the molecule is Clc1cccc(Cl)c1COc1ccc(CNCc2ccco2)cc1. The van der Waals surface area contributed by atoms with E-state index in [0.717, 1.165) is 23.6 Å². The van der Waals surface area contributed by atoms with E-state index in [4.69, 9.17) is 32.4 Å². The summed E-state index contributed by atoms with van der Waals surface area (Å²) in [6.07, 6.45) is 1.67. The number of hydrogen-bond donors (Lipinski definition) is 1. The minimum Gasteiger partial charge on any atom is -0.489 e. The number of rotatable bonds is 7. The third-order valence-corrected chi connectivity index (χ3v) is 4.28. The van der Waals surface area contributed by atoms with Crippen molar-refractivity contribution in [3.63, 3.8) is 0 Å². The second-order valence-electron chi connectivity index (χ2n) is 5.32. The van der Waals surface area contributed by atoms with Crippen LogP contribution in [0.3, 0.4) is 0 Å². The lowest BCUT2D eigenvalue weighted by atomic mass is 10.2. The van der Waals surface area contributed by atoms with Gasteiger partial charge in [-0.15, -0.1) is 0 Å². The lowest BCUT2D eigenvalue weighted by molar-refractivity contribution is 0.306. The molecule has 3 rings (SSSR count). The number of ether oxygens (including phenoxy) is 1. The van der Waals surface area contributed by atoms with Gasteiger partial charge in [-0.25, -0.2) is 0 Å². The van der Waals surface area contributed by atoms with Crippen molar-refractivity contribution in [3.8, 4) is 5.75 Å². The molecule has 0 saturated carbocycles. The van der Waals surface area contributed by atoms with Crippen LogP contribution in [0.1, 0.15) is 16.9 Å². The fraction of sp³-hybridized carbons (Fsp3) is 0.158. The molecule has 0 fully saturated rings. The molecule has 5 heteroatoms. The molecule has 0 amide bonds. The molecule has 24 heavy (non-hydrogen) atoms. The smallest absolute Gasteiger partial charge is 0.119 e. The minimum atomic E-state index is 0.342. The third kappa shape index (κ3) is 4.54. The Balaban J connectivity index is 1.51. The molecule has 0 bridgehead atoms. The Morgan fingerprint density at radius 3 is 2.29 bits per heavy atom. The number of halogens is 2. The molecule has 0 aliphatic heterocycles. The van der Waals surface area contributed by atoms with E-state index in [2.05, 4.69) is 5.32 Å². The molecule has 1 N–H and O–H groups in total. The molecule has 0 atom stereocenters. The number of hydrogen-bond acceptors (Lipinski definition) is 3. The van der Waals surface area contributed by atoms with Gasteiger partial charge in [0.1, 0.15) is 18.1 Å². The zero-order valence-electron chi connectivity index (χ0n) is 13.0. The summed E-state index contributed by atoms with van der Waals surface area (Å²) in [5.41, 5.74) is 1.97. The molecule has 0 radical (unpaired) electrons. The van der Waals surface area contributed by atoms with E-state index in [1.807, 2.05) is 42.5 Å². The number of benzene rings is 2. The van der Waals surface area contributed by atoms with Crippen LogP contribution in [0, 0.1) is 0 Å². The van der Waals surface area contributed by atoms with Gasteiger partial charge in [0.25, 0.3) is 0 Å². The second kappa shape index (κ2) is 8.25. The highest BCUT2D eigenvalue weighted by molar-refractivity contribution is 6.35. The van der Waals surface area contributed by atoms with Crippen molar-refractivity contribution in [2.75, 3.05) is 0 Å². The summed E-state index contributed by atoms with van der Waals surface area (Å²) >= 11 is 12.3. The fourth-order valence-corrected chi connectivity index (χ4v) is 2.78. The van der Waals surface area contributed by atoms with Gasteiger partial charge in [-0.1, -0.05) is 41.4 Å². The highest BCUT2D eigenvalue weighted by Gasteiger charge is 2.06. The molecule has 0 unspecified atom stereocenters. The van der Waals surface area contributed by atoms with Crippen LogP contribution in [0.5, 0.6) is 5.75 Å². The van der Waals surface area contributed by atoms with Gasteiger partial charge in [-0.05, 0) is 42.0 Å². The Bertz CT molecular complexity index is 750. The number of nitrogens with one attached hydrogen (secondary N) is 1. The third-order valence-electron chi connectivity index (χ3n) is 3.58. The van der Waals surface area contributed by atoms with E-state index in [1.165, 1.54) is 5.56 Å². The first-order chi connectivity index (χ1) is 11.7. The highest BCUT2D eigenvalue weighted by Crippen LogP contribution is 2.25. The number of furan rings is 1. The molecule has 0 spiro atoms. The van der Waals surface area contributed by atoms with Crippen LogP contribution in [0.25, 0.3) is 0 Å². The van der Waals surface area contributed by atoms with E-state index in [1.54, 1.807) is 18.4 Å². The largest absolute Gasteiger partial charge is 0.489 e. The van der Waals surface area contributed by atoms with Crippen LogP contribution < -0.4 is 10.1 Å². The quantitative estimate of drug-likeness (QED) is 0.606. The van der Waals surface area contributed by atoms with Gasteiger partial charge in [0.2, 0.25) is 0 Å². The first kappa shape index (κ1) is 16.9. The molecule has 0 aliphatic carbocycles. The zero-order chi connectivity index (χ0) is 16.8. The Labute approximate surface area is 151 Å². The Morgan fingerprint density at radius 2 is 1.62 bits per heavy atom. The van der Waals surface area contributed by atoms with E-state index >= 15 is 0 Å². The van der Waals surface area contributed by atoms with Gasteiger partial charge in [-0.3, -0.25) is 0 Å². The van der Waals surface area contributed by atoms with Crippen molar-refractivity contribution in [1.82, 2.24) is 5.32 Å². The molecule has 2 aromatic carbocycles. The molecule has 0 aliphatic rings. The summed E-state index contributed by atoms with van der Waals surface area (Å²) in [6.45, 7) is 1.81. The van der Waals surface area contributed by atoms with E-state index in [9.17, 15) is 0 Å². The normalized spacial score (nSPS) is 10.8. The van der Waals surface area contributed by atoms with Crippen molar-refractivity contribution < 1.29 is 9.15 Å². The van der Waals surface area contributed by atoms with Gasteiger partial charge >= 0.3 is 0 Å². The molecule has 1 aromatic heterocycles. The first-order valence-corrected chi connectivity index (χ1v) is 8.36. The summed E-state index contributed by atoms with van der Waals surface area (Å²) in [6, 6.07) is 17.2. The van der Waals surface area contributed by atoms with Crippen LogP contribution in [0.2, 0.25) is 10.0 Å². The van der Waals surface area contributed by atoms with Crippen LogP contribution in [0.15, 0.2) is 65.3 Å². The van der Waals surface area contributed by atoms with Crippen LogP contribution >= 0.6 is 23.2 Å². The van der Waals surface area contributed by atoms with Crippen LogP contribution in [0.4, 0.5) is 0 Å². The van der Waals surface area contributed by atoms with Crippen LogP contribution in [-0.4, -0.2) is 0 Å². The highest BCUT2D eigenvalue weighted by atomic mass is 35.5. The molecule has 3 nitrogen and oxygen atoms in total. The Kier molecular flexibility index (Phi) is 5.81. The predicted molar refractivity (Wildman–Crippen MR) is 96.5 cm³/mol. The van der Waals surface area contributed by atoms with Crippen molar-refractivity contribution in [2.24, 2.45) is 0 Å². The van der Waals surface area contributed by atoms with Crippen molar-refractivity contribution in [2.45, 2.75) is 19.7 Å². The van der Waals surface area contributed by atoms with E-state index in [0.29, 0.717) is 23.2 Å². The summed E-state index contributed by atoms with van der Waals surface area (Å²) in [5.74, 6) is 1.70. The van der Waals surface area contributed by atoms with Gasteiger partial charge < -0.3 is 14.5 Å². The van der Waals surface area contributed by atoms with E-state index < -0.39 is 0 Å². The van der Waals surface area contributed by atoms with Crippen molar-refractivity contribution >= 4 is 23.2 Å². The monoisotopic (exact) mass is 361 g/mol. The van der Waals surface area contributed by atoms with Gasteiger partial charge in [0.05, 0.1) is 12.8 Å². The summed E-state index contributed by atoms with van der Waals surface area (Å²) in [5, 5.41) is 4.55. The lowest BCUT2D eigenvalue weighted by Gasteiger charge is -2.10. The van der Waals surface area contributed by atoms with Gasteiger partial charge in [-0.2, -0.15) is 0 Å². The van der Waals surface area contributed by atoms with Crippen molar-refractivity contribution in [1.29, 1.82) is 0 Å². The minimum absolute atomic E-state index is 0.342. The fourth-order valence-electron chi connectivity index (χ4n) is 2.27. The summed E-state index contributed by atoms with van der Waals surface area (Å²) in [7, 11) is 0. The predicted octanol–water partition coefficient (Wildman–Crippen LogP) is 5.46. The molecular formula is C19H17Cl2NO2. The lowest BCUT2D eigenvalue weighted by Crippen LogP contribution is -2.11. The molecule has 0 saturated heterocycles. The first-order valence-electron chi connectivity index (χ1n) is 7.60. The molecule has 1 heterocycles. The Morgan fingerprint density at radius 1 is 0.875 bits per heavy atom. The van der Waals surface area contributed by atoms with E-state index in [-0.39, 0.29) is 0 Å². The standard InChI is InChI=1S/C19H17Cl2NO2/c20-18-4-1-5-19(21)17(18)13-24-15-8-6-14(7-9-15)11-22-12-16-3-2-10-23-16/h1-10,22H,11-13H2. The topological polar surface area (TPSA) is 34.4 Å². The molecule has 3 aromatic rings. The van der Waals surface area contributed by atoms with Crippen molar-refractivity contribution in [3.05, 3.63) is 87.8 Å². The second-order valence-corrected chi connectivity index (χ2v) is 6.13. The van der Waals surface area contributed by atoms with Crippen LogP contribution in [-0.2, 0) is 19.7 Å².